The Balaban J connectivity index is 2.05. The van der Waals surface area contributed by atoms with Crippen LogP contribution in [0.5, 0.6) is 0 Å². The van der Waals surface area contributed by atoms with Gasteiger partial charge in [0, 0.05) is 45.8 Å². The van der Waals surface area contributed by atoms with Crippen molar-refractivity contribution in [2.75, 3.05) is 37.6 Å². The number of hydrogen-bond donors (Lipinski definition) is 1. The number of amides is 1. The van der Waals surface area contributed by atoms with Gasteiger partial charge in [0.15, 0.2) is 0 Å². The second-order valence-electron chi connectivity index (χ2n) is 5.61. The van der Waals surface area contributed by atoms with E-state index in [1.807, 2.05) is 11.1 Å². The molecule has 1 fully saturated rings. The van der Waals surface area contributed by atoms with Crippen molar-refractivity contribution < 1.29 is 4.79 Å². The van der Waals surface area contributed by atoms with Crippen molar-refractivity contribution in [2.24, 2.45) is 0 Å². The van der Waals surface area contributed by atoms with Crippen LogP contribution in [0.3, 0.4) is 0 Å². The summed E-state index contributed by atoms with van der Waals surface area (Å²) >= 11 is 0. The lowest BCUT2D eigenvalue weighted by atomic mass is 10.2. The van der Waals surface area contributed by atoms with Crippen molar-refractivity contribution in [3.05, 3.63) is 23.4 Å². The summed E-state index contributed by atoms with van der Waals surface area (Å²) in [6.07, 6.45) is 2.96. The van der Waals surface area contributed by atoms with Crippen LogP contribution < -0.4 is 10.2 Å². The van der Waals surface area contributed by atoms with Gasteiger partial charge in [0.1, 0.15) is 5.82 Å². The Bertz CT molecular complexity index is 489. The second kappa shape index (κ2) is 7.41. The molecule has 1 N–H and O–H groups in total. The lowest BCUT2D eigenvalue weighted by Gasteiger charge is -2.24. The van der Waals surface area contributed by atoms with Gasteiger partial charge in [-0.05, 0) is 37.1 Å². The predicted molar refractivity (Wildman–Crippen MR) is 85.4 cm³/mol. The fourth-order valence-corrected chi connectivity index (χ4v) is 2.77. The van der Waals surface area contributed by atoms with Crippen molar-refractivity contribution in [1.82, 2.24) is 15.2 Å². The molecule has 0 unspecified atom stereocenters. The molecular formula is C16H26N4O. The van der Waals surface area contributed by atoms with E-state index in [0.29, 0.717) is 0 Å². The molecule has 116 valence electrons. The summed E-state index contributed by atoms with van der Waals surface area (Å²) in [6, 6.07) is 2.21. The van der Waals surface area contributed by atoms with Crippen LogP contribution >= 0.6 is 0 Å². The molecule has 0 aliphatic carbocycles. The van der Waals surface area contributed by atoms with E-state index in [9.17, 15) is 4.79 Å². The van der Waals surface area contributed by atoms with Gasteiger partial charge in [-0.15, -0.1) is 0 Å². The van der Waals surface area contributed by atoms with Crippen molar-refractivity contribution in [3.8, 4) is 0 Å². The summed E-state index contributed by atoms with van der Waals surface area (Å²) in [5.41, 5.74) is 2.43. The normalized spacial score (nSPS) is 16.0. The van der Waals surface area contributed by atoms with Gasteiger partial charge in [-0.3, -0.25) is 4.79 Å². The molecule has 21 heavy (non-hydrogen) atoms. The van der Waals surface area contributed by atoms with Crippen molar-refractivity contribution >= 4 is 11.7 Å². The quantitative estimate of drug-likeness (QED) is 0.914. The fourth-order valence-electron chi connectivity index (χ4n) is 2.77. The SMILES string of the molecule is CCNCc1cnc(N2CCCN(C(C)=O)CC2)c(C)c1. The number of nitrogens with zero attached hydrogens (tertiary/aromatic N) is 3. The van der Waals surface area contributed by atoms with E-state index in [-0.39, 0.29) is 5.91 Å². The van der Waals surface area contributed by atoms with Gasteiger partial charge in [0.25, 0.3) is 0 Å². The minimum absolute atomic E-state index is 0.169. The molecule has 1 aromatic heterocycles. The third-order valence-corrected chi connectivity index (χ3v) is 3.93. The Morgan fingerprint density at radius 3 is 2.81 bits per heavy atom. The molecule has 5 heteroatoms. The van der Waals surface area contributed by atoms with E-state index in [2.05, 4.69) is 35.1 Å². The number of rotatable bonds is 4. The topological polar surface area (TPSA) is 48.5 Å². The molecule has 2 heterocycles. The van der Waals surface area contributed by atoms with Crippen LogP contribution in [0.2, 0.25) is 0 Å². The maximum absolute atomic E-state index is 11.5. The van der Waals surface area contributed by atoms with Gasteiger partial charge in [-0.1, -0.05) is 6.92 Å². The summed E-state index contributed by atoms with van der Waals surface area (Å²) in [5, 5.41) is 3.32. The molecule has 1 amide bonds. The number of carbonyl (C=O) groups is 1. The Hall–Kier alpha value is -1.62. The van der Waals surface area contributed by atoms with Gasteiger partial charge in [0.05, 0.1) is 0 Å². The zero-order chi connectivity index (χ0) is 15.2. The lowest BCUT2D eigenvalue weighted by Crippen LogP contribution is -2.34. The standard InChI is InChI=1S/C16H26N4O/c1-4-17-11-15-10-13(2)16(18-12-15)20-7-5-6-19(8-9-20)14(3)21/h10,12,17H,4-9,11H2,1-3H3. The molecule has 0 spiro atoms. The average Bonchev–Trinajstić information content (AvgIpc) is 2.71. The minimum atomic E-state index is 0.169. The van der Waals surface area contributed by atoms with E-state index in [1.54, 1.807) is 6.92 Å². The fraction of sp³-hybridized carbons (Fsp3) is 0.625. The van der Waals surface area contributed by atoms with E-state index in [0.717, 1.165) is 51.5 Å². The van der Waals surface area contributed by atoms with Crippen LogP contribution in [0.1, 0.15) is 31.4 Å². The summed E-state index contributed by atoms with van der Waals surface area (Å²) in [6.45, 7) is 11.2. The molecule has 0 radical (unpaired) electrons. The monoisotopic (exact) mass is 290 g/mol. The highest BCUT2D eigenvalue weighted by Gasteiger charge is 2.18. The van der Waals surface area contributed by atoms with Crippen molar-refractivity contribution in [1.29, 1.82) is 0 Å². The number of hydrogen-bond acceptors (Lipinski definition) is 4. The van der Waals surface area contributed by atoms with Crippen LogP contribution in [0.25, 0.3) is 0 Å². The number of pyridine rings is 1. The first-order valence-corrected chi connectivity index (χ1v) is 7.78. The van der Waals surface area contributed by atoms with Gasteiger partial charge >= 0.3 is 0 Å². The zero-order valence-corrected chi connectivity index (χ0v) is 13.4. The molecule has 0 aromatic carbocycles. The summed E-state index contributed by atoms with van der Waals surface area (Å²) in [4.78, 5) is 20.4. The van der Waals surface area contributed by atoms with Gasteiger partial charge < -0.3 is 15.1 Å². The number of carbonyl (C=O) groups excluding carboxylic acids is 1. The summed E-state index contributed by atoms with van der Waals surface area (Å²) in [5.74, 6) is 1.23. The first kappa shape index (κ1) is 15.8. The Labute approximate surface area is 127 Å². The largest absolute Gasteiger partial charge is 0.355 e. The summed E-state index contributed by atoms with van der Waals surface area (Å²) in [7, 11) is 0. The molecule has 2 rings (SSSR count). The lowest BCUT2D eigenvalue weighted by molar-refractivity contribution is -0.128. The third kappa shape index (κ3) is 4.17. The number of nitrogens with one attached hydrogen (secondary N) is 1. The van der Waals surface area contributed by atoms with Crippen molar-refractivity contribution in [3.63, 3.8) is 0 Å². The van der Waals surface area contributed by atoms with Crippen LogP contribution in [0.4, 0.5) is 5.82 Å². The highest BCUT2D eigenvalue weighted by Crippen LogP contribution is 2.19. The van der Waals surface area contributed by atoms with Crippen LogP contribution in [-0.4, -0.2) is 48.5 Å². The summed E-state index contributed by atoms with van der Waals surface area (Å²) < 4.78 is 0. The Morgan fingerprint density at radius 2 is 2.14 bits per heavy atom. The molecular weight excluding hydrogens is 264 g/mol. The molecule has 1 saturated heterocycles. The third-order valence-electron chi connectivity index (χ3n) is 3.93. The Kier molecular flexibility index (Phi) is 5.56. The smallest absolute Gasteiger partial charge is 0.219 e. The van der Waals surface area contributed by atoms with E-state index in [1.165, 1.54) is 11.1 Å². The highest BCUT2D eigenvalue weighted by atomic mass is 16.2. The van der Waals surface area contributed by atoms with Crippen molar-refractivity contribution in [2.45, 2.75) is 33.7 Å². The van der Waals surface area contributed by atoms with E-state index < -0.39 is 0 Å². The zero-order valence-electron chi connectivity index (χ0n) is 13.4. The average molecular weight is 290 g/mol. The van der Waals surface area contributed by atoms with E-state index in [4.69, 9.17) is 0 Å². The van der Waals surface area contributed by atoms with Gasteiger partial charge in [-0.2, -0.15) is 0 Å². The number of aromatic nitrogens is 1. The second-order valence-corrected chi connectivity index (χ2v) is 5.61. The molecule has 1 aliphatic heterocycles. The Morgan fingerprint density at radius 1 is 1.33 bits per heavy atom. The van der Waals surface area contributed by atoms with Crippen LogP contribution in [0, 0.1) is 6.92 Å². The maximum Gasteiger partial charge on any atom is 0.219 e. The highest BCUT2D eigenvalue weighted by molar-refractivity contribution is 5.73. The number of anilines is 1. The van der Waals surface area contributed by atoms with Gasteiger partial charge in [-0.25, -0.2) is 4.98 Å². The molecule has 0 saturated carbocycles. The molecule has 5 nitrogen and oxygen atoms in total. The predicted octanol–water partition coefficient (Wildman–Crippen LogP) is 1.56. The van der Waals surface area contributed by atoms with E-state index >= 15 is 0 Å². The molecule has 1 aliphatic rings. The van der Waals surface area contributed by atoms with Crippen LogP contribution in [-0.2, 0) is 11.3 Å². The molecule has 1 aromatic rings. The molecule has 0 atom stereocenters. The number of aryl methyl sites for hydroxylation is 1. The first-order chi connectivity index (χ1) is 10.1. The maximum atomic E-state index is 11.5. The van der Waals surface area contributed by atoms with Crippen LogP contribution in [0.15, 0.2) is 12.3 Å². The molecule has 0 bridgehead atoms. The van der Waals surface area contributed by atoms with Gasteiger partial charge in [0.2, 0.25) is 5.91 Å². The minimum Gasteiger partial charge on any atom is -0.355 e. The first-order valence-electron chi connectivity index (χ1n) is 7.78.